The highest BCUT2D eigenvalue weighted by Crippen LogP contribution is 2.30. The highest BCUT2D eigenvalue weighted by atomic mass is 35.5. The Labute approximate surface area is 95.8 Å². The van der Waals surface area contributed by atoms with E-state index in [1.807, 2.05) is 0 Å². The highest BCUT2D eigenvalue weighted by Gasteiger charge is 2.37. The number of aromatic nitrogens is 2. The van der Waals surface area contributed by atoms with E-state index in [1.165, 1.54) is 0 Å². The molecule has 2 rings (SSSR count). The number of halogens is 4. The minimum atomic E-state index is -4.53. The fraction of sp³-hybridized carbons (Fsp3) is 0.750. The Balaban J connectivity index is 0.00000128. The van der Waals surface area contributed by atoms with Crippen molar-refractivity contribution in [2.75, 3.05) is 0 Å². The van der Waals surface area contributed by atoms with Gasteiger partial charge in [-0.3, -0.25) is 0 Å². The Morgan fingerprint density at radius 2 is 2.00 bits per heavy atom. The molecule has 0 bridgehead atoms. The quantitative estimate of drug-likeness (QED) is 0.877. The van der Waals surface area contributed by atoms with Gasteiger partial charge in [0.2, 0.25) is 5.89 Å². The van der Waals surface area contributed by atoms with Gasteiger partial charge < -0.3 is 10.3 Å². The molecule has 1 saturated carbocycles. The van der Waals surface area contributed by atoms with Gasteiger partial charge in [-0.05, 0) is 18.8 Å². The molecule has 4 nitrogen and oxygen atoms in total. The van der Waals surface area contributed by atoms with E-state index in [2.05, 4.69) is 14.7 Å². The van der Waals surface area contributed by atoms with E-state index in [9.17, 15) is 13.2 Å². The molecule has 1 fully saturated rings. The first-order chi connectivity index (χ1) is 6.95. The van der Waals surface area contributed by atoms with E-state index in [4.69, 9.17) is 5.73 Å². The highest BCUT2D eigenvalue weighted by molar-refractivity contribution is 5.85. The Bertz CT molecular complexity index is 349. The van der Waals surface area contributed by atoms with Crippen LogP contribution in [0.15, 0.2) is 4.52 Å². The first kappa shape index (κ1) is 13.2. The van der Waals surface area contributed by atoms with Crippen LogP contribution in [0.3, 0.4) is 0 Å². The second-order valence-corrected chi connectivity index (χ2v) is 3.81. The van der Waals surface area contributed by atoms with Crippen LogP contribution in [-0.2, 0) is 12.6 Å². The van der Waals surface area contributed by atoms with Gasteiger partial charge in [-0.1, -0.05) is 5.16 Å². The van der Waals surface area contributed by atoms with E-state index in [0.717, 1.165) is 12.8 Å². The third-order valence-corrected chi connectivity index (χ3v) is 2.46. The van der Waals surface area contributed by atoms with Gasteiger partial charge in [-0.15, -0.1) is 12.4 Å². The summed E-state index contributed by atoms with van der Waals surface area (Å²) in [5.74, 6) is -0.887. The average molecular weight is 258 g/mol. The lowest BCUT2D eigenvalue weighted by atomic mass is 9.79. The number of alkyl halides is 3. The van der Waals surface area contributed by atoms with E-state index in [-0.39, 0.29) is 30.3 Å². The summed E-state index contributed by atoms with van der Waals surface area (Å²) in [6.07, 6.45) is -2.53. The predicted molar refractivity (Wildman–Crippen MR) is 51.0 cm³/mol. The molecule has 0 amide bonds. The van der Waals surface area contributed by atoms with Crippen molar-refractivity contribution in [1.82, 2.24) is 10.1 Å². The maximum Gasteiger partial charge on any atom is 0.455 e. The Hall–Kier alpha value is -0.820. The molecule has 1 aromatic heterocycles. The van der Waals surface area contributed by atoms with Crippen LogP contribution in [0.5, 0.6) is 0 Å². The van der Waals surface area contributed by atoms with Crippen molar-refractivity contribution in [3.63, 3.8) is 0 Å². The van der Waals surface area contributed by atoms with Gasteiger partial charge in [-0.25, -0.2) is 0 Å². The molecule has 16 heavy (non-hydrogen) atoms. The summed E-state index contributed by atoms with van der Waals surface area (Å²) in [7, 11) is 0. The Kier molecular flexibility index (Phi) is 3.80. The van der Waals surface area contributed by atoms with Crippen molar-refractivity contribution < 1.29 is 17.7 Å². The number of nitrogens with two attached hydrogens (primary N) is 1. The molecular formula is C8H11ClF3N3O. The minimum absolute atomic E-state index is 0. The molecule has 0 saturated heterocycles. The number of rotatable bonds is 2. The summed E-state index contributed by atoms with van der Waals surface area (Å²) in [5.41, 5.74) is 5.55. The normalized spacial score (nSPS) is 24.8. The van der Waals surface area contributed by atoms with Gasteiger partial charge in [0.1, 0.15) is 0 Å². The van der Waals surface area contributed by atoms with E-state index >= 15 is 0 Å². The largest absolute Gasteiger partial charge is 0.455 e. The first-order valence-electron chi connectivity index (χ1n) is 4.60. The second kappa shape index (κ2) is 4.58. The lowest BCUT2D eigenvalue weighted by Crippen LogP contribution is -2.37. The predicted octanol–water partition coefficient (Wildman–Crippen LogP) is 1.79. The molecule has 0 aliphatic heterocycles. The minimum Gasteiger partial charge on any atom is -0.339 e. The van der Waals surface area contributed by atoms with Crippen LogP contribution < -0.4 is 5.73 Å². The number of hydrogen-bond acceptors (Lipinski definition) is 4. The molecule has 1 aliphatic carbocycles. The first-order valence-corrected chi connectivity index (χ1v) is 4.60. The maximum absolute atomic E-state index is 12.1. The fourth-order valence-electron chi connectivity index (χ4n) is 1.65. The molecular weight excluding hydrogens is 247 g/mol. The summed E-state index contributed by atoms with van der Waals surface area (Å²) in [5, 5.41) is 2.88. The van der Waals surface area contributed by atoms with Crippen molar-refractivity contribution in [2.45, 2.75) is 31.5 Å². The van der Waals surface area contributed by atoms with Crippen LogP contribution in [0.25, 0.3) is 0 Å². The molecule has 0 aromatic carbocycles. The summed E-state index contributed by atoms with van der Waals surface area (Å²) in [4.78, 5) is 3.28. The SMILES string of the molecule is Cl.N[C@H]1C[C@@H](Cc2nc(C(F)(F)F)no2)C1. The zero-order chi connectivity index (χ0) is 11.1. The monoisotopic (exact) mass is 257 g/mol. The van der Waals surface area contributed by atoms with Gasteiger partial charge in [0, 0.05) is 12.5 Å². The standard InChI is InChI=1S/C8H10F3N3O.ClH/c9-8(10,11)7-13-6(15-14-7)3-4-1-5(12)2-4;/h4-5H,1-3,12H2;1H/t4-,5+;. The maximum atomic E-state index is 12.1. The van der Waals surface area contributed by atoms with Crippen LogP contribution in [0.4, 0.5) is 13.2 Å². The third kappa shape index (κ3) is 2.85. The summed E-state index contributed by atoms with van der Waals surface area (Å²) >= 11 is 0. The van der Waals surface area contributed by atoms with Crippen molar-refractivity contribution in [1.29, 1.82) is 0 Å². The van der Waals surface area contributed by atoms with Crippen LogP contribution >= 0.6 is 12.4 Å². The van der Waals surface area contributed by atoms with Crippen molar-refractivity contribution >= 4 is 12.4 Å². The molecule has 0 spiro atoms. The summed E-state index contributed by atoms with van der Waals surface area (Å²) in [6, 6.07) is 0.167. The lowest BCUT2D eigenvalue weighted by Gasteiger charge is -2.31. The zero-order valence-corrected chi connectivity index (χ0v) is 9.01. The molecule has 1 heterocycles. The van der Waals surface area contributed by atoms with E-state index in [1.54, 1.807) is 0 Å². The van der Waals surface area contributed by atoms with Crippen LogP contribution in [0.1, 0.15) is 24.6 Å². The Morgan fingerprint density at radius 1 is 1.38 bits per heavy atom. The van der Waals surface area contributed by atoms with Gasteiger partial charge >= 0.3 is 6.18 Å². The summed E-state index contributed by atoms with van der Waals surface area (Å²) in [6.45, 7) is 0. The van der Waals surface area contributed by atoms with Crippen molar-refractivity contribution in [3.8, 4) is 0 Å². The molecule has 0 unspecified atom stereocenters. The smallest absolute Gasteiger partial charge is 0.339 e. The average Bonchev–Trinajstić information content (AvgIpc) is 2.49. The van der Waals surface area contributed by atoms with Crippen molar-refractivity contribution in [2.24, 2.45) is 11.7 Å². The van der Waals surface area contributed by atoms with Gasteiger partial charge in [-0.2, -0.15) is 18.2 Å². The molecule has 92 valence electrons. The second-order valence-electron chi connectivity index (χ2n) is 3.81. The molecule has 0 atom stereocenters. The fourth-order valence-corrected chi connectivity index (χ4v) is 1.65. The molecule has 0 radical (unpaired) electrons. The van der Waals surface area contributed by atoms with E-state index < -0.39 is 12.0 Å². The number of hydrogen-bond donors (Lipinski definition) is 1. The lowest BCUT2D eigenvalue weighted by molar-refractivity contribution is -0.146. The third-order valence-electron chi connectivity index (χ3n) is 2.46. The van der Waals surface area contributed by atoms with Crippen LogP contribution in [0.2, 0.25) is 0 Å². The molecule has 2 N–H and O–H groups in total. The Morgan fingerprint density at radius 3 is 2.44 bits per heavy atom. The van der Waals surface area contributed by atoms with E-state index in [0.29, 0.717) is 6.42 Å². The molecule has 8 heteroatoms. The van der Waals surface area contributed by atoms with Gasteiger partial charge in [0.25, 0.3) is 5.82 Å². The van der Waals surface area contributed by atoms with Crippen LogP contribution in [-0.4, -0.2) is 16.2 Å². The van der Waals surface area contributed by atoms with Crippen LogP contribution in [0, 0.1) is 5.92 Å². The van der Waals surface area contributed by atoms with Gasteiger partial charge in [0.05, 0.1) is 0 Å². The topological polar surface area (TPSA) is 64.9 Å². The summed E-state index contributed by atoms with van der Waals surface area (Å²) < 4.78 is 40.8. The number of nitrogens with zero attached hydrogens (tertiary/aromatic N) is 2. The molecule has 1 aliphatic rings. The van der Waals surface area contributed by atoms with Crippen molar-refractivity contribution in [3.05, 3.63) is 11.7 Å². The molecule has 1 aromatic rings. The van der Waals surface area contributed by atoms with Gasteiger partial charge in [0.15, 0.2) is 0 Å². The zero-order valence-electron chi connectivity index (χ0n) is 8.20.